The van der Waals surface area contributed by atoms with E-state index in [0.717, 1.165) is 4.57 Å². The van der Waals surface area contributed by atoms with E-state index in [1.807, 2.05) is 0 Å². The van der Waals surface area contributed by atoms with Crippen LogP contribution in [0.1, 0.15) is 12.8 Å². The summed E-state index contributed by atoms with van der Waals surface area (Å²) in [6.07, 6.45) is 0.825. The SMILES string of the molecule is Cn1ccnc1S(=O)(=O)N1CCC(Oc2cccc3c2ccn3CC(F)(F)F)CC1. The second-order valence-electron chi connectivity index (χ2n) is 7.29. The van der Waals surface area contributed by atoms with Crippen LogP contribution in [0.25, 0.3) is 10.9 Å². The van der Waals surface area contributed by atoms with Crippen LogP contribution < -0.4 is 4.74 Å². The standard InChI is InChI=1S/C19H21F3N4O3S/c1-24-12-8-23-18(24)30(27,28)26-10-5-14(6-11-26)29-17-4-2-3-16-15(17)7-9-25(16)13-19(20,21)22/h2-4,7-9,12,14H,5-6,10-11,13H2,1H3. The smallest absolute Gasteiger partial charge is 0.406 e. The molecule has 3 aromatic rings. The predicted molar refractivity (Wildman–Crippen MR) is 104 cm³/mol. The van der Waals surface area contributed by atoms with Crippen molar-refractivity contribution in [3.05, 3.63) is 42.9 Å². The van der Waals surface area contributed by atoms with Gasteiger partial charge in [0.1, 0.15) is 18.4 Å². The Kier molecular flexibility index (Phi) is 5.27. The molecule has 0 amide bonds. The number of ether oxygens (including phenoxy) is 1. The molecule has 1 fully saturated rings. The van der Waals surface area contributed by atoms with Crippen LogP contribution in [-0.4, -0.2) is 52.2 Å². The number of rotatable bonds is 5. The maximum Gasteiger partial charge on any atom is 0.406 e. The van der Waals surface area contributed by atoms with Gasteiger partial charge in [0, 0.05) is 44.1 Å². The highest BCUT2D eigenvalue weighted by Crippen LogP contribution is 2.31. The van der Waals surface area contributed by atoms with Crippen molar-refractivity contribution in [2.24, 2.45) is 7.05 Å². The third-order valence-corrected chi connectivity index (χ3v) is 7.07. The largest absolute Gasteiger partial charge is 0.490 e. The van der Waals surface area contributed by atoms with Gasteiger partial charge in [0.25, 0.3) is 10.0 Å². The monoisotopic (exact) mass is 442 g/mol. The highest BCUT2D eigenvalue weighted by atomic mass is 32.2. The lowest BCUT2D eigenvalue weighted by Crippen LogP contribution is -2.42. The van der Waals surface area contributed by atoms with Gasteiger partial charge in [-0.2, -0.15) is 17.5 Å². The van der Waals surface area contributed by atoms with Gasteiger partial charge in [-0.15, -0.1) is 0 Å². The number of alkyl halides is 3. The molecule has 4 rings (SSSR count). The predicted octanol–water partition coefficient (Wildman–Crippen LogP) is 3.17. The Morgan fingerprint density at radius 2 is 1.90 bits per heavy atom. The summed E-state index contributed by atoms with van der Waals surface area (Å²) < 4.78 is 73.8. The van der Waals surface area contributed by atoms with Gasteiger partial charge in [0.15, 0.2) is 0 Å². The molecule has 0 saturated carbocycles. The Bertz CT molecular complexity index is 1150. The summed E-state index contributed by atoms with van der Waals surface area (Å²) in [7, 11) is -2.05. The molecular formula is C19H21F3N4O3S. The zero-order chi connectivity index (χ0) is 21.5. The first-order chi connectivity index (χ1) is 14.1. The van der Waals surface area contributed by atoms with Crippen LogP contribution in [0.2, 0.25) is 0 Å². The quantitative estimate of drug-likeness (QED) is 0.609. The summed E-state index contributed by atoms with van der Waals surface area (Å²) >= 11 is 0. The first-order valence-electron chi connectivity index (χ1n) is 9.44. The number of halogens is 3. The first-order valence-corrected chi connectivity index (χ1v) is 10.9. The molecule has 0 aliphatic carbocycles. The number of hydrogen-bond donors (Lipinski definition) is 0. The maximum absolute atomic E-state index is 12.8. The minimum atomic E-state index is -4.31. The summed E-state index contributed by atoms with van der Waals surface area (Å²) in [6.45, 7) is -0.501. The van der Waals surface area contributed by atoms with Crippen molar-refractivity contribution < 1.29 is 26.3 Å². The molecule has 3 heterocycles. The summed E-state index contributed by atoms with van der Waals surface area (Å²) in [5, 5.41) is 0.599. The number of hydrogen-bond acceptors (Lipinski definition) is 4. The average Bonchev–Trinajstić information content (AvgIpc) is 3.28. The van der Waals surface area contributed by atoms with Crippen molar-refractivity contribution in [2.45, 2.75) is 36.8 Å². The lowest BCUT2D eigenvalue weighted by molar-refractivity contribution is -0.139. The molecule has 0 N–H and O–H groups in total. The topological polar surface area (TPSA) is 69.4 Å². The summed E-state index contributed by atoms with van der Waals surface area (Å²) in [5.74, 6) is 0.499. The second-order valence-corrected chi connectivity index (χ2v) is 9.12. The molecule has 0 spiro atoms. The molecule has 11 heteroatoms. The number of nitrogens with zero attached hydrogens (tertiary/aromatic N) is 4. The molecule has 2 aromatic heterocycles. The zero-order valence-electron chi connectivity index (χ0n) is 16.2. The van der Waals surface area contributed by atoms with E-state index in [4.69, 9.17) is 4.74 Å². The first kappa shape index (κ1) is 20.7. The second kappa shape index (κ2) is 7.62. The van der Waals surface area contributed by atoms with Gasteiger partial charge in [-0.25, -0.2) is 13.4 Å². The van der Waals surface area contributed by atoms with Crippen LogP contribution in [0.5, 0.6) is 5.75 Å². The van der Waals surface area contributed by atoms with Crippen LogP contribution in [0.3, 0.4) is 0 Å². The summed E-state index contributed by atoms with van der Waals surface area (Å²) in [6, 6.07) is 6.61. The molecular weight excluding hydrogens is 421 g/mol. The molecule has 0 radical (unpaired) electrons. The Labute approximate surface area is 171 Å². The molecule has 7 nitrogen and oxygen atoms in total. The van der Waals surface area contributed by atoms with Crippen LogP contribution >= 0.6 is 0 Å². The van der Waals surface area contributed by atoms with Gasteiger partial charge in [-0.05, 0) is 31.0 Å². The van der Waals surface area contributed by atoms with E-state index >= 15 is 0 Å². The molecule has 0 atom stereocenters. The fourth-order valence-electron chi connectivity index (χ4n) is 3.71. The van der Waals surface area contributed by atoms with Crippen molar-refractivity contribution in [1.82, 2.24) is 18.4 Å². The fraction of sp³-hybridized carbons (Fsp3) is 0.421. The van der Waals surface area contributed by atoms with Crippen LogP contribution in [-0.2, 0) is 23.6 Å². The van der Waals surface area contributed by atoms with Gasteiger partial charge in [0.05, 0.1) is 5.52 Å². The zero-order valence-corrected chi connectivity index (χ0v) is 17.0. The third-order valence-electron chi connectivity index (χ3n) is 5.17. The Hall–Kier alpha value is -2.53. The van der Waals surface area contributed by atoms with Crippen LogP contribution in [0, 0.1) is 0 Å². The molecule has 1 aliphatic rings. The number of sulfonamides is 1. The minimum absolute atomic E-state index is 0.00218. The number of benzene rings is 1. The number of aromatic nitrogens is 3. The molecule has 0 unspecified atom stereocenters. The van der Waals surface area contributed by atoms with Gasteiger partial charge in [-0.3, -0.25) is 0 Å². The highest BCUT2D eigenvalue weighted by Gasteiger charge is 2.33. The van der Waals surface area contributed by atoms with Gasteiger partial charge in [0.2, 0.25) is 5.16 Å². The minimum Gasteiger partial charge on any atom is -0.490 e. The van der Waals surface area contributed by atoms with E-state index in [-0.39, 0.29) is 24.3 Å². The molecule has 1 aliphatic heterocycles. The lowest BCUT2D eigenvalue weighted by atomic mass is 10.1. The molecule has 1 aromatic carbocycles. The van der Waals surface area contributed by atoms with Crippen molar-refractivity contribution in [3.8, 4) is 5.75 Å². The van der Waals surface area contributed by atoms with Crippen molar-refractivity contribution in [1.29, 1.82) is 0 Å². The van der Waals surface area contributed by atoms with E-state index in [1.165, 1.54) is 21.3 Å². The fourth-order valence-corrected chi connectivity index (χ4v) is 5.26. The van der Waals surface area contributed by atoms with Gasteiger partial charge >= 0.3 is 6.18 Å². The molecule has 162 valence electrons. The normalized spacial score (nSPS) is 16.9. The summed E-state index contributed by atoms with van der Waals surface area (Å²) in [4.78, 5) is 3.93. The average molecular weight is 442 g/mol. The van der Waals surface area contributed by atoms with E-state index in [0.29, 0.717) is 29.5 Å². The molecule has 30 heavy (non-hydrogen) atoms. The Morgan fingerprint density at radius 1 is 1.17 bits per heavy atom. The Balaban J connectivity index is 1.46. The highest BCUT2D eigenvalue weighted by molar-refractivity contribution is 7.89. The van der Waals surface area contributed by atoms with Gasteiger partial charge < -0.3 is 13.9 Å². The number of piperidine rings is 1. The summed E-state index contributed by atoms with van der Waals surface area (Å²) in [5.41, 5.74) is 0.444. The molecule has 0 bridgehead atoms. The van der Waals surface area contributed by atoms with E-state index in [1.54, 1.807) is 37.5 Å². The van der Waals surface area contributed by atoms with Crippen LogP contribution in [0.15, 0.2) is 48.0 Å². The molecule has 1 saturated heterocycles. The van der Waals surface area contributed by atoms with Crippen molar-refractivity contribution in [2.75, 3.05) is 13.1 Å². The Morgan fingerprint density at radius 3 is 2.53 bits per heavy atom. The van der Waals surface area contributed by atoms with Gasteiger partial charge in [-0.1, -0.05) is 6.07 Å². The number of fused-ring (bicyclic) bond motifs is 1. The lowest BCUT2D eigenvalue weighted by Gasteiger charge is -2.31. The van der Waals surface area contributed by atoms with E-state index in [9.17, 15) is 21.6 Å². The van der Waals surface area contributed by atoms with E-state index in [2.05, 4.69) is 4.98 Å². The van der Waals surface area contributed by atoms with Crippen molar-refractivity contribution >= 4 is 20.9 Å². The van der Waals surface area contributed by atoms with Crippen molar-refractivity contribution in [3.63, 3.8) is 0 Å². The van der Waals surface area contributed by atoms with E-state index < -0.39 is 22.7 Å². The maximum atomic E-state index is 12.8. The number of aryl methyl sites for hydroxylation is 1. The number of imidazole rings is 1. The third kappa shape index (κ3) is 4.04. The van der Waals surface area contributed by atoms with Crippen LogP contribution in [0.4, 0.5) is 13.2 Å².